The van der Waals surface area contributed by atoms with Gasteiger partial charge in [-0.3, -0.25) is 0 Å². The summed E-state index contributed by atoms with van der Waals surface area (Å²) in [5.74, 6) is 0.796. The van der Waals surface area contributed by atoms with Crippen LogP contribution >= 0.6 is 0 Å². The number of imidazole rings is 1. The molecule has 5 nitrogen and oxygen atoms in total. The molecular weight excluding hydrogens is 328 g/mol. The molecule has 1 N–H and O–H groups in total. The standard InChI is InChI=1S/C21H22N2O3/c24-18-13-23-12-11-22-21(23)20(26-15-17-9-5-2-6-10-17)19(18)25-14-16-7-3-1-4-8-16/h1-12,18-20,24H,13-15H2/t18-,19-,20-/m0/s1. The number of nitrogens with zero attached hydrogens (tertiary/aromatic N) is 2. The zero-order chi connectivity index (χ0) is 17.8. The SMILES string of the molecule is O[C@H]1Cn2ccnc2[C@@H](OCc2ccccc2)[C@H]1OCc1ccccc1. The van der Waals surface area contributed by atoms with Crippen molar-refractivity contribution < 1.29 is 14.6 Å². The molecule has 0 bridgehead atoms. The Labute approximate surface area is 152 Å². The van der Waals surface area contributed by atoms with Crippen LogP contribution in [0.25, 0.3) is 0 Å². The van der Waals surface area contributed by atoms with Crippen LogP contribution in [0.4, 0.5) is 0 Å². The summed E-state index contributed by atoms with van der Waals surface area (Å²) < 4.78 is 14.2. The van der Waals surface area contributed by atoms with Crippen molar-refractivity contribution in [1.82, 2.24) is 9.55 Å². The molecule has 0 saturated heterocycles. The number of aliphatic hydroxyl groups excluding tert-OH is 1. The Morgan fingerprint density at radius 3 is 2.19 bits per heavy atom. The van der Waals surface area contributed by atoms with Crippen molar-refractivity contribution in [2.45, 2.75) is 38.1 Å². The largest absolute Gasteiger partial charge is 0.388 e. The third kappa shape index (κ3) is 3.70. The summed E-state index contributed by atoms with van der Waals surface area (Å²) >= 11 is 0. The van der Waals surface area contributed by atoms with Gasteiger partial charge in [-0.2, -0.15) is 0 Å². The smallest absolute Gasteiger partial charge is 0.144 e. The molecule has 134 valence electrons. The molecule has 0 radical (unpaired) electrons. The van der Waals surface area contributed by atoms with Crippen molar-refractivity contribution >= 4 is 0 Å². The molecule has 26 heavy (non-hydrogen) atoms. The van der Waals surface area contributed by atoms with E-state index in [2.05, 4.69) is 4.98 Å². The van der Waals surface area contributed by atoms with Crippen LogP contribution in [0.2, 0.25) is 0 Å². The number of aliphatic hydroxyl groups is 1. The van der Waals surface area contributed by atoms with Crippen LogP contribution in [-0.2, 0) is 29.2 Å². The average Bonchev–Trinajstić information content (AvgIpc) is 3.14. The van der Waals surface area contributed by atoms with Crippen molar-refractivity contribution in [1.29, 1.82) is 0 Å². The van der Waals surface area contributed by atoms with E-state index >= 15 is 0 Å². The highest BCUT2D eigenvalue weighted by atomic mass is 16.5. The number of benzene rings is 2. The zero-order valence-corrected chi connectivity index (χ0v) is 14.4. The van der Waals surface area contributed by atoms with E-state index in [9.17, 15) is 5.11 Å². The first-order chi connectivity index (χ1) is 12.8. The summed E-state index contributed by atoms with van der Waals surface area (Å²) in [6.45, 7) is 1.32. The fraction of sp³-hybridized carbons (Fsp3) is 0.286. The van der Waals surface area contributed by atoms with Gasteiger partial charge in [0, 0.05) is 12.4 Å². The lowest BCUT2D eigenvalue weighted by molar-refractivity contribution is -0.152. The topological polar surface area (TPSA) is 56.5 Å². The number of rotatable bonds is 6. The molecule has 1 aliphatic rings. The van der Waals surface area contributed by atoms with E-state index in [-0.39, 0.29) is 0 Å². The van der Waals surface area contributed by atoms with E-state index in [1.807, 2.05) is 71.4 Å². The van der Waals surface area contributed by atoms with E-state index in [0.717, 1.165) is 17.0 Å². The first-order valence-electron chi connectivity index (χ1n) is 8.81. The molecule has 0 spiro atoms. The monoisotopic (exact) mass is 350 g/mol. The van der Waals surface area contributed by atoms with Gasteiger partial charge in [0.1, 0.15) is 24.1 Å². The second-order valence-electron chi connectivity index (χ2n) is 6.48. The molecule has 3 aromatic rings. The van der Waals surface area contributed by atoms with E-state index in [0.29, 0.717) is 19.8 Å². The maximum atomic E-state index is 10.6. The molecule has 0 unspecified atom stereocenters. The molecule has 1 aliphatic heterocycles. The average molecular weight is 350 g/mol. The van der Waals surface area contributed by atoms with Crippen molar-refractivity contribution in [3.8, 4) is 0 Å². The van der Waals surface area contributed by atoms with Gasteiger partial charge in [0.25, 0.3) is 0 Å². The van der Waals surface area contributed by atoms with Gasteiger partial charge in [0.15, 0.2) is 0 Å². The lowest BCUT2D eigenvalue weighted by Crippen LogP contribution is -2.44. The van der Waals surface area contributed by atoms with Crippen LogP contribution in [0, 0.1) is 0 Å². The van der Waals surface area contributed by atoms with Gasteiger partial charge < -0.3 is 19.1 Å². The van der Waals surface area contributed by atoms with Gasteiger partial charge in [-0.15, -0.1) is 0 Å². The van der Waals surface area contributed by atoms with Crippen molar-refractivity contribution in [2.24, 2.45) is 0 Å². The summed E-state index contributed by atoms with van der Waals surface area (Å²) in [5, 5.41) is 10.6. The number of hydrogen-bond acceptors (Lipinski definition) is 4. The Bertz CT molecular complexity index is 820. The molecule has 1 aromatic heterocycles. The fourth-order valence-electron chi connectivity index (χ4n) is 3.28. The van der Waals surface area contributed by atoms with Gasteiger partial charge in [-0.1, -0.05) is 60.7 Å². The summed E-state index contributed by atoms with van der Waals surface area (Å²) in [5.41, 5.74) is 2.14. The van der Waals surface area contributed by atoms with Crippen molar-refractivity contribution in [3.63, 3.8) is 0 Å². The third-order valence-corrected chi connectivity index (χ3v) is 4.62. The Kier molecular flexibility index (Phi) is 5.11. The maximum absolute atomic E-state index is 10.6. The number of hydrogen-bond donors (Lipinski definition) is 1. The van der Waals surface area contributed by atoms with Gasteiger partial charge in [-0.05, 0) is 11.1 Å². The highest BCUT2D eigenvalue weighted by molar-refractivity contribution is 5.15. The lowest BCUT2D eigenvalue weighted by Gasteiger charge is -2.35. The minimum atomic E-state index is -0.652. The van der Waals surface area contributed by atoms with Crippen LogP contribution in [0.5, 0.6) is 0 Å². The Morgan fingerprint density at radius 1 is 0.923 bits per heavy atom. The van der Waals surface area contributed by atoms with Gasteiger partial charge in [0.05, 0.1) is 19.8 Å². The minimum absolute atomic E-state index is 0.419. The minimum Gasteiger partial charge on any atom is -0.388 e. The third-order valence-electron chi connectivity index (χ3n) is 4.62. The van der Waals surface area contributed by atoms with E-state index < -0.39 is 18.3 Å². The van der Waals surface area contributed by atoms with Gasteiger partial charge in [-0.25, -0.2) is 4.98 Å². The van der Waals surface area contributed by atoms with Crippen LogP contribution < -0.4 is 0 Å². The fourth-order valence-corrected chi connectivity index (χ4v) is 3.28. The predicted molar refractivity (Wildman–Crippen MR) is 97.2 cm³/mol. The number of fused-ring (bicyclic) bond motifs is 1. The summed E-state index contributed by atoms with van der Waals surface area (Å²) in [6, 6.07) is 19.9. The van der Waals surface area contributed by atoms with E-state index in [1.165, 1.54) is 0 Å². The van der Waals surface area contributed by atoms with Gasteiger partial charge >= 0.3 is 0 Å². The molecule has 0 aliphatic carbocycles. The van der Waals surface area contributed by atoms with Crippen LogP contribution in [0.15, 0.2) is 73.1 Å². The summed E-state index contributed by atoms with van der Waals surface area (Å²) in [4.78, 5) is 4.44. The summed E-state index contributed by atoms with van der Waals surface area (Å²) in [6.07, 6.45) is 2.07. The Balaban J connectivity index is 1.51. The maximum Gasteiger partial charge on any atom is 0.144 e. The van der Waals surface area contributed by atoms with E-state index in [4.69, 9.17) is 9.47 Å². The second-order valence-corrected chi connectivity index (χ2v) is 6.48. The summed E-state index contributed by atoms with van der Waals surface area (Å²) in [7, 11) is 0. The Morgan fingerprint density at radius 2 is 1.54 bits per heavy atom. The molecule has 0 saturated carbocycles. The first kappa shape index (κ1) is 17.0. The predicted octanol–water partition coefficient (Wildman–Crippen LogP) is 3.10. The highest BCUT2D eigenvalue weighted by Crippen LogP contribution is 2.31. The Hall–Kier alpha value is -2.47. The van der Waals surface area contributed by atoms with Crippen LogP contribution in [-0.4, -0.2) is 26.9 Å². The molecule has 0 fully saturated rings. The first-order valence-corrected chi connectivity index (χ1v) is 8.81. The normalized spacial score (nSPS) is 22.1. The molecule has 0 amide bonds. The highest BCUT2D eigenvalue weighted by Gasteiger charge is 2.38. The lowest BCUT2D eigenvalue weighted by atomic mass is 10.0. The molecule has 2 heterocycles. The van der Waals surface area contributed by atoms with Crippen LogP contribution in [0.1, 0.15) is 23.1 Å². The second kappa shape index (κ2) is 7.83. The molecule has 3 atom stereocenters. The van der Waals surface area contributed by atoms with Crippen molar-refractivity contribution in [3.05, 3.63) is 90.0 Å². The van der Waals surface area contributed by atoms with Gasteiger partial charge in [0.2, 0.25) is 0 Å². The molecule has 5 heteroatoms. The number of ether oxygens (including phenoxy) is 2. The van der Waals surface area contributed by atoms with E-state index in [1.54, 1.807) is 6.20 Å². The molecule has 4 rings (SSSR count). The number of aromatic nitrogens is 2. The quantitative estimate of drug-likeness (QED) is 0.742. The van der Waals surface area contributed by atoms with Crippen LogP contribution in [0.3, 0.4) is 0 Å². The zero-order valence-electron chi connectivity index (χ0n) is 14.4. The van der Waals surface area contributed by atoms with Crippen molar-refractivity contribution in [2.75, 3.05) is 0 Å². The molecule has 2 aromatic carbocycles. The molecular formula is C21H22N2O3.